The number of halogens is 1. The van der Waals surface area contributed by atoms with Gasteiger partial charge in [0.05, 0.1) is 11.9 Å². The molecule has 0 aromatic carbocycles. The van der Waals surface area contributed by atoms with Crippen molar-refractivity contribution in [3.05, 3.63) is 29.8 Å². The molecule has 112 valence electrons. The number of piperidine rings is 1. The molecule has 2 N–H and O–H groups in total. The van der Waals surface area contributed by atoms with Gasteiger partial charge in [0.1, 0.15) is 5.82 Å². The molecule has 1 aromatic heterocycles. The standard InChI is InChI=1S/C15H25FN4/c1-19-8-5-13(6-9-19)20(2)10-7-14(17)15-4-3-12(16)11-18-15/h3-4,11,13-14H,5-10,17H2,1-2H3. The summed E-state index contributed by atoms with van der Waals surface area (Å²) in [6, 6.07) is 3.63. The van der Waals surface area contributed by atoms with Crippen molar-refractivity contribution in [2.24, 2.45) is 5.73 Å². The summed E-state index contributed by atoms with van der Waals surface area (Å²) in [4.78, 5) is 8.83. The highest BCUT2D eigenvalue weighted by Gasteiger charge is 2.20. The van der Waals surface area contributed by atoms with Crippen LogP contribution in [0.25, 0.3) is 0 Å². The first kappa shape index (κ1) is 15.4. The van der Waals surface area contributed by atoms with Crippen molar-refractivity contribution < 1.29 is 4.39 Å². The van der Waals surface area contributed by atoms with Crippen molar-refractivity contribution in [2.45, 2.75) is 31.3 Å². The van der Waals surface area contributed by atoms with Gasteiger partial charge in [-0.2, -0.15) is 0 Å². The van der Waals surface area contributed by atoms with Crippen molar-refractivity contribution in [1.82, 2.24) is 14.8 Å². The summed E-state index contributed by atoms with van der Waals surface area (Å²) in [5, 5.41) is 0. The van der Waals surface area contributed by atoms with Crippen LogP contribution in [0.4, 0.5) is 4.39 Å². The fourth-order valence-corrected chi connectivity index (χ4v) is 2.72. The Kier molecular flexibility index (Phi) is 5.46. The Balaban J connectivity index is 1.77. The van der Waals surface area contributed by atoms with Crippen molar-refractivity contribution in [2.75, 3.05) is 33.7 Å². The molecule has 0 spiro atoms. The molecule has 4 nitrogen and oxygen atoms in total. The predicted octanol–water partition coefficient (Wildman–Crippen LogP) is 1.64. The molecule has 5 heteroatoms. The summed E-state index contributed by atoms with van der Waals surface area (Å²) in [7, 11) is 4.34. The lowest BCUT2D eigenvalue weighted by Crippen LogP contribution is -2.42. The average Bonchev–Trinajstić information content (AvgIpc) is 2.46. The largest absolute Gasteiger partial charge is 0.323 e. The lowest BCUT2D eigenvalue weighted by molar-refractivity contribution is 0.141. The number of likely N-dealkylation sites (tertiary alicyclic amines) is 1. The molecule has 1 aromatic rings. The SMILES string of the molecule is CN1CCC(N(C)CCC(N)c2ccc(F)cn2)CC1. The van der Waals surface area contributed by atoms with E-state index in [0.29, 0.717) is 6.04 Å². The van der Waals surface area contributed by atoms with E-state index in [1.165, 1.54) is 38.2 Å². The average molecular weight is 280 g/mol. The maximum atomic E-state index is 12.8. The number of aromatic nitrogens is 1. The molecule has 0 bridgehead atoms. The van der Waals surface area contributed by atoms with E-state index in [1.807, 2.05) is 0 Å². The van der Waals surface area contributed by atoms with Crippen LogP contribution < -0.4 is 5.73 Å². The first-order valence-electron chi connectivity index (χ1n) is 7.32. The molecule has 0 radical (unpaired) electrons. The molecule has 1 unspecified atom stereocenters. The first-order chi connectivity index (χ1) is 9.56. The Bertz CT molecular complexity index is 401. The smallest absolute Gasteiger partial charge is 0.141 e. The highest BCUT2D eigenvalue weighted by Crippen LogP contribution is 2.17. The molecule has 1 aliphatic heterocycles. The molecular weight excluding hydrogens is 255 g/mol. The van der Waals surface area contributed by atoms with E-state index >= 15 is 0 Å². The van der Waals surface area contributed by atoms with Crippen LogP contribution in [-0.4, -0.2) is 54.6 Å². The Hall–Kier alpha value is -1.04. The Morgan fingerprint density at radius 2 is 2.15 bits per heavy atom. The van der Waals surface area contributed by atoms with Crippen LogP contribution in [-0.2, 0) is 0 Å². The van der Waals surface area contributed by atoms with Crippen molar-refractivity contribution >= 4 is 0 Å². The van der Waals surface area contributed by atoms with E-state index < -0.39 is 0 Å². The summed E-state index contributed by atoms with van der Waals surface area (Å²) in [5.74, 6) is -0.315. The van der Waals surface area contributed by atoms with Gasteiger partial charge in [0, 0.05) is 12.1 Å². The van der Waals surface area contributed by atoms with E-state index in [9.17, 15) is 4.39 Å². The quantitative estimate of drug-likeness (QED) is 0.890. The fourth-order valence-electron chi connectivity index (χ4n) is 2.72. The molecule has 20 heavy (non-hydrogen) atoms. The molecular formula is C15H25FN4. The van der Waals surface area contributed by atoms with Crippen LogP contribution in [0.1, 0.15) is 31.0 Å². The highest BCUT2D eigenvalue weighted by atomic mass is 19.1. The third-order valence-electron chi connectivity index (χ3n) is 4.23. The van der Waals surface area contributed by atoms with Gasteiger partial charge < -0.3 is 15.5 Å². The highest BCUT2D eigenvalue weighted by molar-refractivity contribution is 5.09. The number of pyridine rings is 1. The number of hydrogen-bond acceptors (Lipinski definition) is 4. The van der Waals surface area contributed by atoms with Crippen LogP contribution >= 0.6 is 0 Å². The Morgan fingerprint density at radius 3 is 2.75 bits per heavy atom. The van der Waals surface area contributed by atoms with Crippen LogP contribution in [0.3, 0.4) is 0 Å². The maximum Gasteiger partial charge on any atom is 0.141 e. The zero-order chi connectivity index (χ0) is 14.5. The molecule has 0 amide bonds. The van der Waals surface area contributed by atoms with E-state index in [-0.39, 0.29) is 11.9 Å². The van der Waals surface area contributed by atoms with E-state index in [2.05, 4.69) is 28.9 Å². The van der Waals surface area contributed by atoms with Crippen molar-refractivity contribution in [3.63, 3.8) is 0 Å². The third kappa shape index (κ3) is 4.23. The van der Waals surface area contributed by atoms with Gasteiger partial charge >= 0.3 is 0 Å². The van der Waals surface area contributed by atoms with Crippen molar-refractivity contribution in [1.29, 1.82) is 0 Å². The van der Waals surface area contributed by atoms with Crippen molar-refractivity contribution in [3.8, 4) is 0 Å². The number of nitrogens with zero attached hydrogens (tertiary/aromatic N) is 3. The normalized spacial score (nSPS) is 19.4. The Morgan fingerprint density at radius 1 is 1.45 bits per heavy atom. The lowest BCUT2D eigenvalue weighted by atomic mass is 10.0. The Labute approximate surface area is 120 Å². The van der Waals surface area contributed by atoms with Crippen LogP contribution in [0.2, 0.25) is 0 Å². The van der Waals surface area contributed by atoms with Crippen LogP contribution in [0.5, 0.6) is 0 Å². The van der Waals surface area contributed by atoms with Gasteiger partial charge in [-0.3, -0.25) is 4.98 Å². The summed E-state index contributed by atoms with van der Waals surface area (Å²) < 4.78 is 12.8. The summed E-state index contributed by atoms with van der Waals surface area (Å²) >= 11 is 0. The van der Waals surface area contributed by atoms with Gasteiger partial charge in [0.2, 0.25) is 0 Å². The van der Waals surface area contributed by atoms with Crippen LogP contribution in [0, 0.1) is 5.82 Å². The van der Waals surface area contributed by atoms with Gasteiger partial charge in [-0.05, 0) is 65.1 Å². The van der Waals surface area contributed by atoms with E-state index in [0.717, 1.165) is 18.7 Å². The second kappa shape index (κ2) is 7.11. The number of hydrogen-bond donors (Lipinski definition) is 1. The molecule has 0 aliphatic carbocycles. The van der Waals surface area contributed by atoms with Crippen LogP contribution in [0.15, 0.2) is 18.3 Å². The van der Waals surface area contributed by atoms with Gasteiger partial charge in [0.15, 0.2) is 0 Å². The summed E-state index contributed by atoms with van der Waals surface area (Å²) in [5.41, 5.74) is 6.89. The summed E-state index contributed by atoms with van der Waals surface area (Å²) in [6.45, 7) is 3.29. The minimum Gasteiger partial charge on any atom is -0.323 e. The number of nitrogens with two attached hydrogens (primary N) is 1. The molecule has 1 saturated heterocycles. The van der Waals surface area contributed by atoms with Gasteiger partial charge in [-0.15, -0.1) is 0 Å². The topological polar surface area (TPSA) is 45.4 Å². The molecule has 0 saturated carbocycles. The molecule has 2 rings (SSSR count). The van der Waals surface area contributed by atoms with Gasteiger partial charge in [0.25, 0.3) is 0 Å². The lowest BCUT2D eigenvalue weighted by Gasteiger charge is -2.35. The minimum absolute atomic E-state index is 0.121. The second-order valence-electron chi connectivity index (χ2n) is 5.81. The zero-order valence-electron chi connectivity index (χ0n) is 12.4. The molecule has 1 aliphatic rings. The first-order valence-corrected chi connectivity index (χ1v) is 7.32. The fraction of sp³-hybridized carbons (Fsp3) is 0.667. The van der Waals surface area contributed by atoms with Gasteiger partial charge in [-0.25, -0.2) is 4.39 Å². The number of rotatable bonds is 5. The molecule has 2 heterocycles. The van der Waals surface area contributed by atoms with E-state index in [4.69, 9.17) is 5.73 Å². The predicted molar refractivity (Wildman–Crippen MR) is 78.9 cm³/mol. The molecule has 1 fully saturated rings. The summed E-state index contributed by atoms with van der Waals surface area (Å²) in [6.07, 6.45) is 4.52. The maximum absolute atomic E-state index is 12.8. The van der Waals surface area contributed by atoms with Gasteiger partial charge in [-0.1, -0.05) is 0 Å². The minimum atomic E-state index is -0.315. The molecule has 1 atom stereocenters. The monoisotopic (exact) mass is 280 g/mol. The van der Waals surface area contributed by atoms with E-state index in [1.54, 1.807) is 6.07 Å². The second-order valence-corrected chi connectivity index (χ2v) is 5.81. The zero-order valence-corrected chi connectivity index (χ0v) is 12.4. The third-order valence-corrected chi connectivity index (χ3v) is 4.23.